The summed E-state index contributed by atoms with van der Waals surface area (Å²) in [5.74, 6) is 1.66. The van der Waals surface area contributed by atoms with Crippen LogP contribution in [0.15, 0.2) is 0 Å². The lowest BCUT2D eigenvalue weighted by atomic mass is 10.2. The van der Waals surface area contributed by atoms with Crippen molar-refractivity contribution < 1.29 is 9.47 Å². The predicted molar refractivity (Wildman–Crippen MR) is 84.1 cm³/mol. The highest BCUT2D eigenvalue weighted by molar-refractivity contribution is 5.38. The van der Waals surface area contributed by atoms with Crippen LogP contribution in [0.3, 0.4) is 0 Å². The van der Waals surface area contributed by atoms with Gasteiger partial charge in [0, 0.05) is 26.7 Å². The van der Waals surface area contributed by atoms with Gasteiger partial charge in [-0.15, -0.1) is 0 Å². The molecule has 120 valence electrons. The first-order chi connectivity index (χ1) is 10.1. The predicted octanol–water partition coefficient (Wildman–Crippen LogP) is 1.81. The summed E-state index contributed by atoms with van der Waals surface area (Å²) in [7, 11) is 3.25. The van der Waals surface area contributed by atoms with E-state index in [1.807, 2.05) is 0 Å². The highest BCUT2D eigenvalue weighted by Crippen LogP contribution is 2.16. The molecule has 7 heteroatoms. The third-order valence-electron chi connectivity index (χ3n) is 2.75. The van der Waals surface area contributed by atoms with Crippen molar-refractivity contribution in [1.82, 2.24) is 15.0 Å². The van der Waals surface area contributed by atoms with Crippen LogP contribution in [0.2, 0.25) is 0 Å². The fraction of sp³-hybridized carbons (Fsp3) is 0.786. The van der Waals surface area contributed by atoms with Crippen LogP contribution in [0.4, 0.5) is 11.9 Å². The number of methoxy groups -OCH3 is 2. The molecule has 0 aliphatic rings. The van der Waals surface area contributed by atoms with Gasteiger partial charge in [0.25, 0.3) is 0 Å². The summed E-state index contributed by atoms with van der Waals surface area (Å²) < 4.78 is 10.3. The van der Waals surface area contributed by atoms with Crippen molar-refractivity contribution in [3.63, 3.8) is 0 Å². The van der Waals surface area contributed by atoms with Gasteiger partial charge in [-0.25, -0.2) is 0 Å². The summed E-state index contributed by atoms with van der Waals surface area (Å²) in [4.78, 5) is 15.1. The average molecular weight is 297 g/mol. The first kappa shape index (κ1) is 17.4. The Hall–Kier alpha value is -1.63. The fourth-order valence-corrected chi connectivity index (χ4v) is 1.81. The molecular formula is C14H27N5O2. The molecule has 0 radical (unpaired) electrons. The molecule has 1 rings (SSSR count). The molecule has 0 unspecified atom stereocenters. The van der Waals surface area contributed by atoms with Crippen LogP contribution in [0.1, 0.15) is 27.2 Å². The fourth-order valence-electron chi connectivity index (χ4n) is 1.81. The minimum absolute atomic E-state index is 0.324. The Balaban J connectivity index is 2.97. The molecule has 0 aliphatic carbocycles. The molecule has 7 nitrogen and oxygen atoms in total. The lowest BCUT2D eigenvalue weighted by Crippen LogP contribution is -2.33. The maximum atomic E-state index is 5.17. The second-order valence-electron chi connectivity index (χ2n) is 5.21. The van der Waals surface area contributed by atoms with Gasteiger partial charge in [-0.2, -0.15) is 15.0 Å². The quantitative estimate of drug-likeness (QED) is 0.706. The van der Waals surface area contributed by atoms with E-state index in [4.69, 9.17) is 9.47 Å². The van der Waals surface area contributed by atoms with E-state index < -0.39 is 0 Å². The Morgan fingerprint density at radius 3 is 2.52 bits per heavy atom. The molecule has 0 aromatic carbocycles. The van der Waals surface area contributed by atoms with Gasteiger partial charge in [0.15, 0.2) is 0 Å². The molecule has 21 heavy (non-hydrogen) atoms. The van der Waals surface area contributed by atoms with E-state index in [9.17, 15) is 0 Å². The summed E-state index contributed by atoms with van der Waals surface area (Å²) in [6, 6.07) is 0.324. The number of hydrogen-bond acceptors (Lipinski definition) is 7. The molecule has 0 fully saturated rings. The van der Waals surface area contributed by atoms with E-state index in [1.54, 1.807) is 14.2 Å². The monoisotopic (exact) mass is 297 g/mol. The van der Waals surface area contributed by atoms with E-state index in [0.717, 1.165) is 26.1 Å². The van der Waals surface area contributed by atoms with Gasteiger partial charge in [0.05, 0.1) is 13.7 Å². The summed E-state index contributed by atoms with van der Waals surface area (Å²) >= 11 is 0. The number of anilines is 2. The SMILES string of the molecule is CCCNc1nc(OC)nc(N(CCOC)CC(C)C)n1. The maximum Gasteiger partial charge on any atom is 0.322 e. The summed E-state index contributed by atoms with van der Waals surface area (Å²) in [5.41, 5.74) is 0. The van der Waals surface area contributed by atoms with Gasteiger partial charge < -0.3 is 19.7 Å². The van der Waals surface area contributed by atoms with Crippen LogP contribution in [0.25, 0.3) is 0 Å². The molecule has 1 aromatic rings. The van der Waals surface area contributed by atoms with Gasteiger partial charge in [0.2, 0.25) is 11.9 Å². The molecule has 0 saturated heterocycles. The molecule has 0 bridgehead atoms. The number of ether oxygens (including phenoxy) is 2. The Bertz CT molecular complexity index is 414. The number of aromatic nitrogens is 3. The zero-order valence-electron chi connectivity index (χ0n) is 13.7. The van der Waals surface area contributed by atoms with Gasteiger partial charge in [-0.1, -0.05) is 20.8 Å². The molecule has 1 aromatic heterocycles. The van der Waals surface area contributed by atoms with Crippen molar-refractivity contribution in [1.29, 1.82) is 0 Å². The van der Waals surface area contributed by atoms with Crippen molar-refractivity contribution in [2.75, 3.05) is 50.7 Å². The Morgan fingerprint density at radius 1 is 1.19 bits per heavy atom. The van der Waals surface area contributed by atoms with Crippen LogP contribution in [-0.2, 0) is 4.74 Å². The van der Waals surface area contributed by atoms with Gasteiger partial charge >= 0.3 is 6.01 Å². The second kappa shape index (κ2) is 9.33. The minimum Gasteiger partial charge on any atom is -0.467 e. The number of hydrogen-bond donors (Lipinski definition) is 1. The topological polar surface area (TPSA) is 72.4 Å². The Kier molecular flexibility index (Phi) is 7.74. The van der Waals surface area contributed by atoms with Crippen molar-refractivity contribution in [3.05, 3.63) is 0 Å². The van der Waals surface area contributed by atoms with E-state index in [0.29, 0.717) is 30.4 Å². The van der Waals surface area contributed by atoms with Crippen LogP contribution in [-0.4, -0.2) is 55.4 Å². The summed E-state index contributed by atoms with van der Waals surface area (Å²) in [5, 5.41) is 3.17. The van der Waals surface area contributed by atoms with Crippen LogP contribution in [0, 0.1) is 5.92 Å². The highest BCUT2D eigenvalue weighted by atomic mass is 16.5. The Labute approximate surface area is 127 Å². The largest absolute Gasteiger partial charge is 0.467 e. The summed E-state index contributed by atoms with van der Waals surface area (Å²) in [6.07, 6.45) is 1.00. The molecule has 0 aliphatic heterocycles. The number of rotatable bonds is 10. The first-order valence-corrected chi connectivity index (χ1v) is 7.38. The van der Waals surface area contributed by atoms with Crippen molar-refractivity contribution >= 4 is 11.9 Å². The van der Waals surface area contributed by atoms with E-state index in [1.165, 1.54) is 0 Å². The number of nitrogens with one attached hydrogen (secondary N) is 1. The molecular weight excluding hydrogens is 270 g/mol. The summed E-state index contributed by atoms with van der Waals surface area (Å²) in [6.45, 7) is 9.44. The van der Waals surface area contributed by atoms with Gasteiger partial charge in [-0.05, 0) is 12.3 Å². The zero-order valence-corrected chi connectivity index (χ0v) is 13.7. The Morgan fingerprint density at radius 2 is 1.95 bits per heavy atom. The smallest absolute Gasteiger partial charge is 0.322 e. The maximum absolute atomic E-state index is 5.17. The number of nitrogens with zero attached hydrogens (tertiary/aromatic N) is 4. The molecule has 1 heterocycles. The highest BCUT2D eigenvalue weighted by Gasteiger charge is 2.15. The van der Waals surface area contributed by atoms with E-state index in [-0.39, 0.29) is 0 Å². The molecule has 1 N–H and O–H groups in total. The minimum atomic E-state index is 0.324. The first-order valence-electron chi connectivity index (χ1n) is 7.38. The van der Waals surface area contributed by atoms with E-state index in [2.05, 4.69) is 45.9 Å². The normalized spacial score (nSPS) is 10.8. The lowest BCUT2D eigenvalue weighted by molar-refractivity contribution is 0.204. The third-order valence-corrected chi connectivity index (χ3v) is 2.75. The average Bonchev–Trinajstić information content (AvgIpc) is 2.48. The van der Waals surface area contributed by atoms with Crippen LogP contribution >= 0.6 is 0 Å². The third kappa shape index (κ3) is 6.12. The van der Waals surface area contributed by atoms with Crippen LogP contribution < -0.4 is 15.0 Å². The van der Waals surface area contributed by atoms with Crippen molar-refractivity contribution in [2.45, 2.75) is 27.2 Å². The molecule has 0 spiro atoms. The molecule has 0 atom stereocenters. The van der Waals surface area contributed by atoms with Gasteiger partial charge in [-0.3, -0.25) is 0 Å². The lowest BCUT2D eigenvalue weighted by Gasteiger charge is -2.24. The van der Waals surface area contributed by atoms with Crippen molar-refractivity contribution in [2.24, 2.45) is 5.92 Å². The molecule has 0 saturated carbocycles. The molecule has 0 amide bonds. The van der Waals surface area contributed by atoms with E-state index >= 15 is 0 Å². The second-order valence-corrected chi connectivity index (χ2v) is 5.21. The zero-order chi connectivity index (χ0) is 15.7. The standard InChI is InChI=1S/C14H27N5O2/c1-6-7-15-12-16-13(18-14(17-12)21-5)19(8-9-20-4)10-11(2)3/h11H,6-10H2,1-5H3,(H,15,16,17,18). The van der Waals surface area contributed by atoms with Crippen LogP contribution in [0.5, 0.6) is 6.01 Å². The van der Waals surface area contributed by atoms with Crippen molar-refractivity contribution in [3.8, 4) is 6.01 Å². The van der Waals surface area contributed by atoms with Gasteiger partial charge in [0.1, 0.15) is 0 Å².